The summed E-state index contributed by atoms with van der Waals surface area (Å²) in [5.41, 5.74) is 4.05. The molecule has 0 fully saturated rings. The maximum Gasteiger partial charge on any atom is 0.115 e. The van der Waals surface area contributed by atoms with Crippen LogP contribution in [0.2, 0.25) is 0 Å². The SMILES string of the molecule is CC/C=C\C=C/CCCc1ccc(CCc2ccc(O)cc2)cc1. The average Bonchev–Trinajstić information content (AvgIpc) is 2.61. The molecule has 0 aliphatic heterocycles. The summed E-state index contributed by atoms with van der Waals surface area (Å²) in [7, 11) is 0. The van der Waals surface area contributed by atoms with E-state index in [1.807, 2.05) is 12.1 Å². The molecule has 0 saturated heterocycles. The second-order valence-electron chi connectivity index (χ2n) is 6.14. The van der Waals surface area contributed by atoms with E-state index in [9.17, 15) is 5.11 Å². The molecular formula is C23H28O. The van der Waals surface area contributed by atoms with Crippen molar-refractivity contribution in [3.8, 4) is 5.75 Å². The van der Waals surface area contributed by atoms with E-state index < -0.39 is 0 Å². The molecule has 2 rings (SSSR count). The summed E-state index contributed by atoms with van der Waals surface area (Å²) >= 11 is 0. The van der Waals surface area contributed by atoms with Gasteiger partial charge in [-0.25, -0.2) is 0 Å². The average molecular weight is 320 g/mol. The second-order valence-corrected chi connectivity index (χ2v) is 6.14. The van der Waals surface area contributed by atoms with E-state index in [-0.39, 0.29) is 0 Å². The lowest BCUT2D eigenvalue weighted by Crippen LogP contribution is -1.92. The summed E-state index contributed by atoms with van der Waals surface area (Å²) in [6.45, 7) is 2.15. The summed E-state index contributed by atoms with van der Waals surface area (Å²) in [4.78, 5) is 0. The minimum Gasteiger partial charge on any atom is -0.508 e. The van der Waals surface area contributed by atoms with E-state index in [0.717, 1.165) is 32.1 Å². The van der Waals surface area contributed by atoms with Crippen molar-refractivity contribution >= 4 is 0 Å². The Morgan fingerprint density at radius 1 is 0.708 bits per heavy atom. The molecule has 0 aliphatic carbocycles. The van der Waals surface area contributed by atoms with Gasteiger partial charge in [-0.2, -0.15) is 0 Å². The molecule has 0 amide bonds. The molecule has 0 radical (unpaired) electrons. The minimum atomic E-state index is 0.333. The number of phenolic OH excluding ortho intramolecular Hbond substituents is 1. The number of allylic oxidation sites excluding steroid dienone is 4. The van der Waals surface area contributed by atoms with Crippen LogP contribution in [0, 0.1) is 0 Å². The monoisotopic (exact) mass is 320 g/mol. The van der Waals surface area contributed by atoms with Gasteiger partial charge in [0.25, 0.3) is 0 Å². The second kappa shape index (κ2) is 10.5. The van der Waals surface area contributed by atoms with E-state index >= 15 is 0 Å². The zero-order chi connectivity index (χ0) is 17.0. The molecule has 0 spiro atoms. The van der Waals surface area contributed by atoms with Crippen LogP contribution < -0.4 is 0 Å². The van der Waals surface area contributed by atoms with E-state index in [4.69, 9.17) is 0 Å². The first-order valence-corrected chi connectivity index (χ1v) is 8.95. The predicted molar refractivity (Wildman–Crippen MR) is 103 cm³/mol. The van der Waals surface area contributed by atoms with Gasteiger partial charge in [0, 0.05) is 0 Å². The van der Waals surface area contributed by atoms with E-state index in [2.05, 4.69) is 55.5 Å². The molecular weight excluding hydrogens is 292 g/mol. The number of phenols is 1. The Morgan fingerprint density at radius 2 is 1.21 bits per heavy atom. The topological polar surface area (TPSA) is 20.2 Å². The van der Waals surface area contributed by atoms with Crippen LogP contribution in [-0.4, -0.2) is 5.11 Å². The Labute approximate surface area is 146 Å². The number of rotatable bonds is 9. The predicted octanol–water partition coefficient (Wildman–Crippen LogP) is 6.02. The van der Waals surface area contributed by atoms with Gasteiger partial charge < -0.3 is 5.11 Å². The Bertz CT molecular complexity index is 633. The first-order chi connectivity index (χ1) is 11.8. The molecule has 0 heterocycles. The molecule has 0 aromatic heterocycles. The standard InChI is InChI=1S/C23H28O/c1-2-3-4-5-6-7-8-9-20-10-12-21(13-11-20)14-15-22-16-18-23(24)19-17-22/h3-6,10-13,16-19,24H,2,7-9,14-15H2,1H3/b4-3-,6-5-. The molecule has 1 heteroatoms. The third-order valence-electron chi connectivity index (χ3n) is 4.12. The minimum absolute atomic E-state index is 0.333. The van der Waals surface area contributed by atoms with Crippen LogP contribution in [0.1, 0.15) is 42.9 Å². The summed E-state index contributed by atoms with van der Waals surface area (Å²) in [5.74, 6) is 0.333. The van der Waals surface area contributed by atoms with Gasteiger partial charge in [0.05, 0.1) is 0 Å². The van der Waals surface area contributed by atoms with Gasteiger partial charge in [-0.3, -0.25) is 0 Å². The lowest BCUT2D eigenvalue weighted by molar-refractivity contribution is 0.475. The van der Waals surface area contributed by atoms with Crippen molar-refractivity contribution in [2.24, 2.45) is 0 Å². The number of benzene rings is 2. The quantitative estimate of drug-likeness (QED) is 0.442. The zero-order valence-electron chi connectivity index (χ0n) is 14.6. The van der Waals surface area contributed by atoms with Crippen molar-refractivity contribution in [1.29, 1.82) is 0 Å². The van der Waals surface area contributed by atoms with Crippen LogP contribution in [0.3, 0.4) is 0 Å². The summed E-state index contributed by atoms with van der Waals surface area (Å²) in [6.07, 6.45) is 15.3. The van der Waals surface area contributed by atoms with Gasteiger partial charge in [0.15, 0.2) is 0 Å². The van der Waals surface area contributed by atoms with Crippen molar-refractivity contribution in [3.05, 3.63) is 89.5 Å². The lowest BCUT2D eigenvalue weighted by atomic mass is 10.0. The molecule has 0 saturated carbocycles. The lowest BCUT2D eigenvalue weighted by Gasteiger charge is -2.05. The fourth-order valence-corrected chi connectivity index (χ4v) is 2.64. The van der Waals surface area contributed by atoms with Crippen LogP contribution in [0.4, 0.5) is 0 Å². The summed E-state index contributed by atoms with van der Waals surface area (Å²) in [5, 5.41) is 9.31. The Kier molecular flexibility index (Phi) is 7.89. The van der Waals surface area contributed by atoms with Crippen LogP contribution in [0.15, 0.2) is 72.8 Å². The molecule has 126 valence electrons. The molecule has 1 nitrogen and oxygen atoms in total. The zero-order valence-corrected chi connectivity index (χ0v) is 14.6. The molecule has 0 unspecified atom stereocenters. The van der Waals surface area contributed by atoms with E-state index in [1.165, 1.54) is 23.1 Å². The van der Waals surface area contributed by atoms with E-state index in [0.29, 0.717) is 5.75 Å². The fraction of sp³-hybridized carbons (Fsp3) is 0.304. The fourth-order valence-electron chi connectivity index (χ4n) is 2.64. The van der Waals surface area contributed by atoms with Crippen molar-refractivity contribution < 1.29 is 5.11 Å². The smallest absolute Gasteiger partial charge is 0.115 e. The molecule has 0 atom stereocenters. The van der Waals surface area contributed by atoms with Gasteiger partial charge in [-0.05, 0) is 67.3 Å². The maximum absolute atomic E-state index is 9.31. The third-order valence-corrected chi connectivity index (χ3v) is 4.12. The van der Waals surface area contributed by atoms with Gasteiger partial charge in [-0.1, -0.05) is 67.6 Å². The van der Waals surface area contributed by atoms with Gasteiger partial charge in [-0.15, -0.1) is 0 Å². The largest absolute Gasteiger partial charge is 0.508 e. The van der Waals surface area contributed by atoms with Crippen molar-refractivity contribution in [2.45, 2.75) is 45.4 Å². The highest BCUT2D eigenvalue weighted by Crippen LogP contribution is 2.14. The van der Waals surface area contributed by atoms with Gasteiger partial charge in [0.1, 0.15) is 5.75 Å². The van der Waals surface area contributed by atoms with Crippen molar-refractivity contribution in [2.75, 3.05) is 0 Å². The highest BCUT2D eigenvalue weighted by molar-refractivity contribution is 5.28. The molecule has 0 bridgehead atoms. The normalized spacial score (nSPS) is 11.5. The highest BCUT2D eigenvalue weighted by atomic mass is 16.3. The number of hydrogen-bond acceptors (Lipinski definition) is 1. The number of aromatic hydroxyl groups is 1. The van der Waals surface area contributed by atoms with Crippen LogP contribution in [0.25, 0.3) is 0 Å². The molecule has 2 aromatic carbocycles. The van der Waals surface area contributed by atoms with Crippen LogP contribution >= 0.6 is 0 Å². The van der Waals surface area contributed by atoms with Gasteiger partial charge in [0.2, 0.25) is 0 Å². The van der Waals surface area contributed by atoms with Crippen LogP contribution in [0.5, 0.6) is 5.75 Å². The van der Waals surface area contributed by atoms with Crippen molar-refractivity contribution in [3.63, 3.8) is 0 Å². The number of hydrogen-bond donors (Lipinski definition) is 1. The van der Waals surface area contributed by atoms with Crippen LogP contribution in [-0.2, 0) is 19.3 Å². The third kappa shape index (κ3) is 6.87. The number of aryl methyl sites for hydroxylation is 3. The molecule has 2 aromatic rings. The summed E-state index contributed by atoms with van der Waals surface area (Å²) in [6, 6.07) is 16.5. The van der Waals surface area contributed by atoms with E-state index in [1.54, 1.807) is 12.1 Å². The highest BCUT2D eigenvalue weighted by Gasteiger charge is 1.98. The molecule has 0 aliphatic rings. The molecule has 1 N–H and O–H groups in total. The molecule has 24 heavy (non-hydrogen) atoms. The number of unbranched alkanes of at least 4 members (excludes halogenated alkanes) is 1. The first kappa shape index (κ1) is 18.1. The summed E-state index contributed by atoms with van der Waals surface area (Å²) < 4.78 is 0. The Balaban J connectivity index is 1.71. The Morgan fingerprint density at radius 3 is 1.79 bits per heavy atom. The van der Waals surface area contributed by atoms with Crippen molar-refractivity contribution in [1.82, 2.24) is 0 Å². The van der Waals surface area contributed by atoms with Gasteiger partial charge >= 0.3 is 0 Å². The Hall–Kier alpha value is -2.28. The first-order valence-electron chi connectivity index (χ1n) is 8.95. The maximum atomic E-state index is 9.31.